The lowest BCUT2D eigenvalue weighted by Gasteiger charge is -2.38. The first-order chi connectivity index (χ1) is 16.6. The molecule has 3 unspecified atom stereocenters. The Labute approximate surface area is 204 Å². The molecular formula is C27H32N2O6. The van der Waals surface area contributed by atoms with Crippen molar-refractivity contribution in [2.24, 2.45) is 5.41 Å². The number of carbonyl (C=O) groups excluding carboxylic acids is 2. The van der Waals surface area contributed by atoms with E-state index in [1.54, 1.807) is 0 Å². The number of amides is 2. The number of carboxylic acid groups (broad SMARTS) is 1. The topological polar surface area (TPSA) is 125 Å². The third kappa shape index (κ3) is 5.82. The third-order valence-corrected chi connectivity index (χ3v) is 6.82. The number of hydrogen-bond donors (Lipinski definition) is 4. The van der Waals surface area contributed by atoms with Crippen LogP contribution in [0.15, 0.2) is 48.5 Å². The highest BCUT2D eigenvalue weighted by molar-refractivity contribution is 5.89. The molecule has 4 N–H and O–H groups in total. The number of aliphatic hydroxyl groups excluding tert-OH is 1. The van der Waals surface area contributed by atoms with Gasteiger partial charge in [0.2, 0.25) is 5.91 Å². The number of carbonyl (C=O) groups is 3. The second kappa shape index (κ2) is 10.1. The summed E-state index contributed by atoms with van der Waals surface area (Å²) in [5.74, 6) is -1.96. The Morgan fingerprint density at radius 2 is 1.63 bits per heavy atom. The van der Waals surface area contributed by atoms with E-state index >= 15 is 0 Å². The molecule has 2 aliphatic rings. The minimum atomic E-state index is -1.29. The van der Waals surface area contributed by atoms with Gasteiger partial charge in [0.25, 0.3) is 0 Å². The summed E-state index contributed by atoms with van der Waals surface area (Å²) in [5, 5.41) is 24.7. The molecule has 2 aromatic carbocycles. The Kier molecular flexibility index (Phi) is 7.12. The van der Waals surface area contributed by atoms with Crippen LogP contribution in [0.3, 0.4) is 0 Å². The fourth-order valence-corrected chi connectivity index (χ4v) is 5.46. The average molecular weight is 481 g/mol. The lowest BCUT2D eigenvalue weighted by Crippen LogP contribution is -2.53. The molecule has 0 aromatic heterocycles. The molecule has 2 amide bonds. The molecule has 3 atom stereocenters. The van der Waals surface area contributed by atoms with Crippen LogP contribution in [0.5, 0.6) is 0 Å². The van der Waals surface area contributed by atoms with Crippen LogP contribution in [-0.4, -0.2) is 53.0 Å². The van der Waals surface area contributed by atoms with Crippen LogP contribution in [0.4, 0.5) is 4.79 Å². The van der Waals surface area contributed by atoms with Gasteiger partial charge in [0.1, 0.15) is 12.6 Å². The van der Waals surface area contributed by atoms with E-state index in [1.807, 2.05) is 62.4 Å². The van der Waals surface area contributed by atoms with Gasteiger partial charge in [-0.05, 0) is 46.9 Å². The standard InChI is InChI=1S/C27H32N2O6/c1-27(2)13-16(11-17(30)14-27)28-25(33)23(12-24(31)32)29-26(34)35-15-22-20-9-5-3-7-18(20)19-8-4-6-10-21(19)22/h3-10,16-17,22-23,30H,11-15H2,1-2H3,(H,28,33)(H,29,34)(H,31,32). The number of nitrogens with one attached hydrogen (secondary N) is 2. The zero-order valence-electron chi connectivity index (χ0n) is 20.0. The van der Waals surface area contributed by atoms with Crippen LogP contribution in [0, 0.1) is 5.41 Å². The summed E-state index contributed by atoms with van der Waals surface area (Å²) in [6.45, 7) is 4.08. The van der Waals surface area contributed by atoms with E-state index in [1.165, 1.54) is 0 Å². The van der Waals surface area contributed by atoms with Gasteiger partial charge in [-0.3, -0.25) is 9.59 Å². The lowest BCUT2D eigenvalue weighted by atomic mass is 9.74. The zero-order valence-corrected chi connectivity index (χ0v) is 20.0. The summed E-state index contributed by atoms with van der Waals surface area (Å²) in [4.78, 5) is 36.9. The van der Waals surface area contributed by atoms with E-state index in [2.05, 4.69) is 10.6 Å². The van der Waals surface area contributed by atoms with Crippen molar-refractivity contribution in [3.05, 3.63) is 59.7 Å². The summed E-state index contributed by atoms with van der Waals surface area (Å²) >= 11 is 0. The first-order valence-corrected chi connectivity index (χ1v) is 11.9. The van der Waals surface area contributed by atoms with Gasteiger partial charge in [-0.25, -0.2) is 4.79 Å². The van der Waals surface area contributed by atoms with Crippen molar-refractivity contribution in [1.82, 2.24) is 10.6 Å². The Morgan fingerprint density at radius 1 is 1.03 bits per heavy atom. The summed E-state index contributed by atoms with van der Waals surface area (Å²) in [5.41, 5.74) is 4.15. The molecule has 0 radical (unpaired) electrons. The molecule has 0 saturated heterocycles. The van der Waals surface area contributed by atoms with Crippen LogP contribution in [-0.2, 0) is 14.3 Å². The summed E-state index contributed by atoms with van der Waals surface area (Å²) in [6, 6.07) is 14.3. The summed E-state index contributed by atoms with van der Waals surface area (Å²) < 4.78 is 5.48. The minimum Gasteiger partial charge on any atom is -0.481 e. The van der Waals surface area contributed by atoms with Gasteiger partial charge in [0, 0.05) is 12.0 Å². The summed E-state index contributed by atoms with van der Waals surface area (Å²) in [6.07, 6.45) is -0.292. The van der Waals surface area contributed by atoms with Gasteiger partial charge in [-0.2, -0.15) is 0 Å². The first kappa shape index (κ1) is 24.7. The highest BCUT2D eigenvalue weighted by Gasteiger charge is 2.36. The maximum absolute atomic E-state index is 12.9. The van der Waals surface area contributed by atoms with Crippen molar-refractivity contribution >= 4 is 18.0 Å². The van der Waals surface area contributed by atoms with Crippen molar-refractivity contribution in [2.45, 2.75) is 63.6 Å². The fourth-order valence-electron chi connectivity index (χ4n) is 5.46. The number of aliphatic carboxylic acids is 1. The third-order valence-electron chi connectivity index (χ3n) is 6.82. The summed E-state index contributed by atoms with van der Waals surface area (Å²) in [7, 11) is 0. The van der Waals surface area contributed by atoms with Crippen molar-refractivity contribution < 1.29 is 29.3 Å². The predicted molar refractivity (Wildman–Crippen MR) is 130 cm³/mol. The van der Waals surface area contributed by atoms with Crippen LogP contribution in [0.1, 0.15) is 56.6 Å². The van der Waals surface area contributed by atoms with E-state index in [9.17, 15) is 24.6 Å². The fraction of sp³-hybridized carbons (Fsp3) is 0.444. The quantitative estimate of drug-likeness (QED) is 0.481. The van der Waals surface area contributed by atoms with Gasteiger partial charge in [0.15, 0.2) is 0 Å². The second-order valence-electron chi connectivity index (χ2n) is 10.3. The molecule has 2 aromatic rings. The molecule has 8 heteroatoms. The molecule has 8 nitrogen and oxygen atoms in total. The molecule has 0 spiro atoms. The van der Waals surface area contributed by atoms with Gasteiger partial charge in [0.05, 0.1) is 12.5 Å². The van der Waals surface area contributed by atoms with Gasteiger partial charge < -0.3 is 25.6 Å². The molecule has 0 bridgehead atoms. The number of hydrogen-bond acceptors (Lipinski definition) is 5. The van der Waals surface area contributed by atoms with Crippen molar-refractivity contribution in [1.29, 1.82) is 0 Å². The second-order valence-corrected chi connectivity index (χ2v) is 10.3. The van der Waals surface area contributed by atoms with Gasteiger partial charge in [-0.15, -0.1) is 0 Å². The normalized spacial score (nSPS) is 21.3. The van der Waals surface area contributed by atoms with Crippen LogP contribution in [0.25, 0.3) is 11.1 Å². The Morgan fingerprint density at radius 3 is 2.20 bits per heavy atom. The first-order valence-electron chi connectivity index (χ1n) is 11.9. The molecule has 1 fully saturated rings. The number of fused-ring (bicyclic) bond motifs is 3. The van der Waals surface area contributed by atoms with E-state index in [-0.39, 0.29) is 24.0 Å². The van der Waals surface area contributed by atoms with E-state index < -0.39 is 36.5 Å². The molecule has 35 heavy (non-hydrogen) atoms. The maximum Gasteiger partial charge on any atom is 0.407 e. The van der Waals surface area contributed by atoms with Crippen molar-refractivity contribution in [3.8, 4) is 11.1 Å². The lowest BCUT2D eigenvalue weighted by molar-refractivity contribution is -0.140. The van der Waals surface area contributed by atoms with Crippen LogP contribution in [0.2, 0.25) is 0 Å². The SMILES string of the molecule is CC1(C)CC(O)CC(NC(=O)C(CC(=O)O)NC(=O)OCC2c3ccccc3-c3ccccc32)C1. The van der Waals surface area contributed by atoms with Gasteiger partial charge in [-0.1, -0.05) is 62.4 Å². The molecule has 4 rings (SSSR count). The smallest absolute Gasteiger partial charge is 0.407 e. The Balaban J connectivity index is 1.39. The van der Waals surface area contributed by atoms with Crippen molar-refractivity contribution in [3.63, 3.8) is 0 Å². The number of aliphatic hydroxyl groups is 1. The van der Waals surface area contributed by atoms with E-state index in [0.717, 1.165) is 22.3 Å². The molecule has 1 saturated carbocycles. The minimum absolute atomic E-state index is 0.0598. The number of alkyl carbamates (subject to hydrolysis) is 1. The monoisotopic (exact) mass is 480 g/mol. The highest BCUT2D eigenvalue weighted by atomic mass is 16.5. The highest BCUT2D eigenvalue weighted by Crippen LogP contribution is 2.44. The Bertz CT molecular complexity index is 1070. The number of carboxylic acids is 1. The molecule has 186 valence electrons. The number of rotatable bonds is 7. The van der Waals surface area contributed by atoms with Crippen LogP contribution < -0.4 is 10.6 Å². The maximum atomic E-state index is 12.9. The zero-order chi connectivity index (χ0) is 25.2. The molecular weight excluding hydrogens is 448 g/mol. The van der Waals surface area contributed by atoms with E-state index in [0.29, 0.717) is 19.3 Å². The van der Waals surface area contributed by atoms with E-state index in [4.69, 9.17) is 4.74 Å². The van der Waals surface area contributed by atoms with Crippen molar-refractivity contribution in [2.75, 3.05) is 6.61 Å². The molecule has 0 aliphatic heterocycles. The molecule has 2 aliphatic carbocycles. The van der Waals surface area contributed by atoms with Gasteiger partial charge >= 0.3 is 12.1 Å². The predicted octanol–water partition coefficient (Wildman–Crippen LogP) is 3.42. The Hall–Kier alpha value is -3.39. The number of benzene rings is 2. The number of ether oxygens (including phenoxy) is 1. The largest absolute Gasteiger partial charge is 0.481 e. The average Bonchev–Trinajstić information content (AvgIpc) is 3.09. The molecule has 0 heterocycles. The van der Waals surface area contributed by atoms with Crippen LogP contribution >= 0.6 is 0 Å².